The van der Waals surface area contributed by atoms with Crippen molar-refractivity contribution in [3.63, 3.8) is 0 Å². The number of ether oxygens (including phenoxy) is 1. The zero-order valence-electron chi connectivity index (χ0n) is 10.9. The lowest BCUT2D eigenvalue weighted by molar-refractivity contribution is -0.185. The Morgan fingerprint density at radius 3 is 2.44 bits per heavy atom. The number of hydrogen-bond donors (Lipinski definition) is 1. The fourth-order valence-electron chi connectivity index (χ4n) is 2.36. The van der Waals surface area contributed by atoms with Crippen LogP contribution in [-0.2, 0) is 4.74 Å². The van der Waals surface area contributed by atoms with Crippen molar-refractivity contribution in [2.75, 3.05) is 33.4 Å². The van der Waals surface area contributed by atoms with E-state index in [2.05, 4.69) is 0 Å². The lowest BCUT2D eigenvalue weighted by atomic mass is 9.96. The highest BCUT2D eigenvalue weighted by molar-refractivity contribution is 4.79. The minimum atomic E-state index is -4.04. The SMILES string of the molecule is COCCCC(N)CN1CCC(C(F)(F)F)CC1. The van der Waals surface area contributed by atoms with Gasteiger partial charge in [-0.15, -0.1) is 0 Å². The maximum absolute atomic E-state index is 12.5. The van der Waals surface area contributed by atoms with Crippen LogP contribution in [0.1, 0.15) is 25.7 Å². The quantitative estimate of drug-likeness (QED) is 0.749. The molecule has 3 nitrogen and oxygen atoms in total. The van der Waals surface area contributed by atoms with Gasteiger partial charge in [0, 0.05) is 26.3 Å². The summed E-state index contributed by atoms with van der Waals surface area (Å²) in [4.78, 5) is 2.04. The number of nitrogens with zero attached hydrogens (tertiary/aromatic N) is 1. The number of hydrogen-bond acceptors (Lipinski definition) is 3. The highest BCUT2D eigenvalue weighted by Gasteiger charge is 2.41. The molecule has 1 aliphatic rings. The molecule has 1 unspecified atom stereocenters. The minimum Gasteiger partial charge on any atom is -0.385 e. The van der Waals surface area contributed by atoms with Gasteiger partial charge < -0.3 is 15.4 Å². The molecular formula is C12H23F3N2O. The summed E-state index contributed by atoms with van der Waals surface area (Å²) in [6.07, 6.45) is -1.88. The van der Waals surface area contributed by atoms with Gasteiger partial charge in [-0.05, 0) is 38.8 Å². The van der Waals surface area contributed by atoms with Gasteiger partial charge >= 0.3 is 6.18 Å². The highest BCUT2D eigenvalue weighted by atomic mass is 19.4. The van der Waals surface area contributed by atoms with Gasteiger partial charge in [0.15, 0.2) is 0 Å². The zero-order chi connectivity index (χ0) is 13.6. The fraction of sp³-hybridized carbons (Fsp3) is 1.00. The van der Waals surface area contributed by atoms with Crippen molar-refractivity contribution >= 4 is 0 Å². The number of halogens is 3. The molecule has 1 rings (SSSR count). The van der Waals surface area contributed by atoms with E-state index in [-0.39, 0.29) is 18.9 Å². The summed E-state index contributed by atoms with van der Waals surface area (Å²) in [6, 6.07) is 0.0302. The Hall–Kier alpha value is -0.330. The molecule has 1 fully saturated rings. The standard InChI is InChI=1S/C12H23F3N2O/c1-18-8-2-3-11(16)9-17-6-4-10(5-7-17)12(13,14)15/h10-11H,2-9,16H2,1H3. The molecule has 0 bridgehead atoms. The molecule has 0 radical (unpaired) electrons. The van der Waals surface area contributed by atoms with Crippen molar-refractivity contribution < 1.29 is 17.9 Å². The number of nitrogens with two attached hydrogens (primary N) is 1. The van der Waals surface area contributed by atoms with E-state index in [9.17, 15) is 13.2 Å². The molecule has 0 amide bonds. The second-order valence-electron chi connectivity index (χ2n) is 5.01. The first-order chi connectivity index (χ1) is 8.43. The van der Waals surface area contributed by atoms with Crippen LogP contribution >= 0.6 is 0 Å². The molecule has 1 saturated heterocycles. The molecule has 0 aromatic heterocycles. The Morgan fingerprint density at radius 2 is 1.94 bits per heavy atom. The molecule has 1 atom stereocenters. The average molecular weight is 268 g/mol. The molecule has 0 aromatic carbocycles. The number of rotatable bonds is 6. The molecule has 0 spiro atoms. The smallest absolute Gasteiger partial charge is 0.385 e. The third-order valence-corrected chi connectivity index (χ3v) is 3.47. The van der Waals surface area contributed by atoms with Crippen molar-refractivity contribution in [1.29, 1.82) is 0 Å². The lowest BCUT2D eigenvalue weighted by Crippen LogP contribution is -2.44. The van der Waals surface area contributed by atoms with Crippen LogP contribution in [0.15, 0.2) is 0 Å². The number of methoxy groups -OCH3 is 1. The van der Waals surface area contributed by atoms with E-state index in [4.69, 9.17) is 10.5 Å². The second kappa shape index (κ2) is 7.31. The van der Waals surface area contributed by atoms with Crippen molar-refractivity contribution in [3.05, 3.63) is 0 Å². The zero-order valence-corrected chi connectivity index (χ0v) is 10.9. The Labute approximate surface area is 106 Å². The average Bonchev–Trinajstić information content (AvgIpc) is 2.29. The molecule has 1 heterocycles. The molecule has 0 saturated carbocycles. The Balaban J connectivity index is 2.19. The predicted octanol–water partition coefficient (Wildman–Crippen LogP) is 2.01. The van der Waals surface area contributed by atoms with Crippen LogP contribution in [0.4, 0.5) is 13.2 Å². The van der Waals surface area contributed by atoms with Crippen LogP contribution < -0.4 is 5.73 Å². The van der Waals surface area contributed by atoms with Gasteiger partial charge in [0.1, 0.15) is 0 Å². The number of likely N-dealkylation sites (tertiary alicyclic amines) is 1. The van der Waals surface area contributed by atoms with Crippen molar-refractivity contribution in [3.8, 4) is 0 Å². The van der Waals surface area contributed by atoms with Crippen LogP contribution in [-0.4, -0.2) is 50.5 Å². The monoisotopic (exact) mass is 268 g/mol. The first-order valence-electron chi connectivity index (χ1n) is 6.47. The Kier molecular flexibility index (Phi) is 6.38. The summed E-state index contributed by atoms with van der Waals surface area (Å²) in [6.45, 7) is 2.38. The van der Waals surface area contributed by atoms with Crippen molar-refractivity contribution in [1.82, 2.24) is 4.90 Å². The van der Waals surface area contributed by atoms with Crippen molar-refractivity contribution in [2.24, 2.45) is 11.7 Å². The highest BCUT2D eigenvalue weighted by Crippen LogP contribution is 2.34. The summed E-state index contributed by atoms with van der Waals surface area (Å²) in [5.74, 6) is -1.13. The summed E-state index contributed by atoms with van der Waals surface area (Å²) < 4.78 is 42.4. The fourth-order valence-corrected chi connectivity index (χ4v) is 2.36. The molecule has 2 N–H and O–H groups in total. The molecule has 18 heavy (non-hydrogen) atoms. The number of piperidine rings is 1. The summed E-state index contributed by atoms with van der Waals surface area (Å²) >= 11 is 0. The molecule has 0 aliphatic carbocycles. The molecule has 108 valence electrons. The van der Waals surface area contributed by atoms with Gasteiger partial charge in [-0.25, -0.2) is 0 Å². The van der Waals surface area contributed by atoms with E-state index >= 15 is 0 Å². The maximum atomic E-state index is 12.5. The molecule has 0 aromatic rings. The van der Waals surface area contributed by atoms with Gasteiger partial charge in [0.05, 0.1) is 5.92 Å². The van der Waals surface area contributed by atoms with Gasteiger partial charge in [-0.3, -0.25) is 0 Å². The van der Waals surface area contributed by atoms with E-state index < -0.39 is 12.1 Å². The number of alkyl halides is 3. The van der Waals surface area contributed by atoms with Gasteiger partial charge in [0.2, 0.25) is 0 Å². The van der Waals surface area contributed by atoms with Crippen LogP contribution in [0.3, 0.4) is 0 Å². The third-order valence-electron chi connectivity index (χ3n) is 3.47. The lowest BCUT2D eigenvalue weighted by Gasteiger charge is -2.34. The van der Waals surface area contributed by atoms with E-state index in [0.717, 1.165) is 12.8 Å². The molecule has 1 aliphatic heterocycles. The normalized spacial score (nSPS) is 21.2. The van der Waals surface area contributed by atoms with E-state index in [1.165, 1.54) is 0 Å². The minimum absolute atomic E-state index is 0.0302. The van der Waals surface area contributed by atoms with E-state index in [0.29, 0.717) is 26.2 Å². The molecular weight excluding hydrogens is 245 g/mol. The largest absolute Gasteiger partial charge is 0.391 e. The Morgan fingerprint density at radius 1 is 1.33 bits per heavy atom. The van der Waals surface area contributed by atoms with Crippen LogP contribution in [0, 0.1) is 5.92 Å². The molecule has 6 heteroatoms. The third kappa shape index (κ3) is 5.54. The topological polar surface area (TPSA) is 38.5 Å². The van der Waals surface area contributed by atoms with E-state index in [1.54, 1.807) is 7.11 Å². The predicted molar refractivity (Wildman–Crippen MR) is 64.3 cm³/mol. The summed E-state index contributed by atoms with van der Waals surface area (Å²) in [5, 5.41) is 0. The van der Waals surface area contributed by atoms with Gasteiger partial charge in [0.25, 0.3) is 0 Å². The first-order valence-corrected chi connectivity index (χ1v) is 6.47. The maximum Gasteiger partial charge on any atom is 0.391 e. The van der Waals surface area contributed by atoms with Crippen LogP contribution in [0.25, 0.3) is 0 Å². The summed E-state index contributed by atoms with van der Waals surface area (Å²) in [5.41, 5.74) is 5.95. The Bertz CT molecular complexity index is 228. The second-order valence-corrected chi connectivity index (χ2v) is 5.01. The van der Waals surface area contributed by atoms with Crippen LogP contribution in [0.2, 0.25) is 0 Å². The van der Waals surface area contributed by atoms with Crippen LogP contribution in [0.5, 0.6) is 0 Å². The van der Waals surface area contributed by atoms with Crippen molar-refractivity contribution in [2.45, 2.75) is 37.9 Å². The van der Waals surface area contributed by atoms with Gasteiger partial charge in [-0.2, -0.15) is 13.2 Å². The van der Waals surface area contributed by atoms with Gasteiger partial charge in [-0.1, -0.05) is 0 Å². The summed E-state index contributed by atoms with van der Waals surface area (Å²) in [7, 11) is 1.65. The first kappa shape index (κ1) is 15.7. The van der Waals surface area contributed by atoms with E-state index in [1.807, 2.05) is 4.90 Å².